The van der Waals surface area contributed by atoms with Gasteiger partial charge in [-0.2, -0.15) is 0 Å². The van der Waals surface area contributed by atoms with Gasteiger partial charge in [0.05, 0.1) is 5.56 Å². The van der Waals surface area contributed by atoms with E-state index in [-0.39, 0.29) is 17.3 Å². The summed E-state index contributed by atoms with van der Waals surface area (Å²) in [6.07, 6.45) is 6.11. The Morgan fingerprint density at radius 2 is 2.22 bits per heavy atom. The summed E-state index contributed by atoms with van der Waals surface area (Å²) >= 11 is 0. The van der Waals surface area contributed by atoms with Gasteiger partial charge in [-0.05, 0) is 24.8 Å². The number of rotatable bonds is 3. The molecule has 1 saturated carbocycles. The van der Waals surface area contributed by atoms with Crippen molar-refractivity contribution in [1.29, 1.82) is 0 Å². The van der Waals surface area contributed by atoms with Crippen molar-refractivity contribution in [3.8, 4) is 0 Å². The number of nitrogen functional groups attached to an aromatic ring is 1. The summed E-state index contributed by atoms with van der Waals surface area (Å²) in [7, 11) is 1.71. The van der Waals surface area contributed by atoms with Gasteiger partial charge < -0.3 is 10.6 Å². The molecule has 2 rings (SSSR count). The minimum atomic E-state index is -0.722. The third-order valence-corrected chi connectivity index (χ3v) is 3.50. The fourth-order valence-electron chi connectivity index (χ4n) is 2.49. The molecule has 0 atom stereocenters. The highest BCUT2D eigenvalue weighted by Gasteiger charge is 2.22. The van der Waals surface area contributed by atoms with Gasteiger partial charge in [0.1, 0.15) is 0 Å². The first kappa shape index (κ1) is 12.8. The highest BCUT2D eigenvalue weighted by molar-refractivity contribution is 5.94. The predicted molar refractivity (Wildman–Crippen MR) is 67.5 cm³/mol. The van der Waals surface area contributed by atoms with Crippen LogP contribution in [0.1, 0.15) is 36.0 Å². The smallest absolute Gasteiger partial charge is 0.256 e. The molecule has 0 aliphatic heterocycles. The van der Waals surface area contributed by atoms with Crippen LogP contribution < -0.4 is 5.73 Å². The molecule has 5 heteroatoms. The molecule has 1 aromatic rings. The van der Waals surface area contributed by atoms with E-state index in [9.17, 15) is 9.18 Å². The summed E-state index contributed by atoms with van der Waals surface area (Å²) in [6, 6.07) is 1.37. The molecule has 1 aliphatic carbocycles. The van der Waals surface area contributed by atoms with Crippen LogP contribution in [0.15, 0.2) is 12.3 Å². The Morgan fingerprint density at radius 3 is 2.89 bits per heavy atom. The van der Waals surface area contributed by atoms with Gasteiger partial charge in [-0.25, -0.2) is 9.37 Å². The van der Waals surface area contributed by atoms with Crippen LogP contribution in [0, 0.1) is 11.7 Å². The Bertz CT molecular complexity index is 444. The summed E-state index contributed by atoms with van der Waals surface area (Å²) in [5.41, 5.74) is 5.37. The first-order valence-electron chi connectivity index (χ1n) is 6.25. The molecule has 2 N–H and O–H groups in total. The number of carbonyl (C=O) groups is 1. The summed E-state index contributed by atoms with van der Waals surface area (Å²) < 4.78 is 13.7. The van der Waals surface area contributed by atoms with Gasteiger partial charge in [-0.1, -0.05) is 12.8 Å². The van der Waals surface area contributed by atoms with E-state index in [0.717, 1.165) is 12.8 Å². The predicted octanol–water partition coefficient (Wildman–Crippen LogP) is 2.07. The Morgan fingerprint density at radius 1 is 1.56 bits per heavy atom. The molecule has 0 radical (unpaired) electrons. The zero-order valence-corrected chi connectivity index (χ0v) is 10.5. The lowest BCUT2D eigenvalue weighted by atomic mass is 10.1. The van der Waals surface area contributed by atoms with Crippen molar-refractivity contribution in [1.82, 2.24) is 9.88 Å². The van der Waals surface area contributed by atoms with E-state index in [1.807, 2.05) is 0 Å². The molecular formula is C13H18FN3O. The third-order valence-electron chi connectivity index (χ3n) is 3.50. The van der Waals surface area contributed by atoms with Gasteiger partial charge in [0.25, 0.3) is 5.91 Å². The average Bonchev–Trinajstić information content (AvgIpc) is 2.84. The highest BCUT2D eigenvalue weighted by atomic mass is 19.1. The number of nitrogens with zero attached hydrogens (tertiary/aromatic N) is 2. The van der Waals surface area contributed by atoms with Crippen molar-refractivity contribution < 1.29 is 9.18 Å². The first-order valence-corrected chi connectivity index (χ1v) is 6.25. The molecule has 1 aliphatic rings. The van der Waals surface area contributed by atoms with Crippen molar-refractivity contribution in [3.05, 3.63) is 23.6 Å². The van der Waals surface area contributed by atoms with E-state index in [4.69, 9.17) is 5.73 Å². The van der Waals surface area contributed by atoms with Gasteiger partial charge in [-0.3, -0.25) is 4.79 Å². The van der Waals surface area contributed by atoms with E-state index in [2.05, 4.69) is 4.98 Å². The molecule has 1 aromatic heterocycles. The van der Waals surface area contributed by atoms with Crippen LogP contribution in [-0.4, -0.2) is 29.4 Å². The fourth-order valence-corrected chi connectivity index (χ4v) is 2.49. The van der Waals surface area contributed by atoms with Crippen molar-refractivity contribution in [2.45, 2.75) is 25.7 Å². The lowest BCUT2D eigenvalue weighted by molar-refractivity contribution is 0.0768. The Hall–Kier alpha value is -1.65. The maximum Gasteiger partial charge on any atom is 0.256 e. The van der Waals surface area contributed by atoms with Crippen LogP contribution in [0.25, 0.3) is 0 Å². The van der Waals surface area contributed by atoms with Crippen LogP contribution in [0.5, 0.6) is 0 Å². The summed E-state index contributed by atoms with van der Waals surface area (Å²) in [4.78, 5) is 17.3. The topological polar surface area (TPSA) is 59.2 Å². The highest BCUT2D eigenvalue weighted by Crippen LogP contribution is 2.25. The largest absolute Gasteiger partial charge is 0.381 e. The molecular weight excluding hydrogens is 233 g/mol. The number of carbonyl (C=O) groups excluding carboxylic acids is 1. The summed E-state index contributed by atoms with van der Waals surface area (Å²) in [5, 5.41) is 0. The molecule has 18 heavy (non-hydrogen) atoms. The van der Waals surface area contributed by atoms with E-state index < -0.39 is 5.82 Å². The maximum atomic E-state index is 13.7. The lowest BCUT2D eigenvalue weighted by Gasteiger charge is -2.21. The van der Waals surface area contributed by atoms with Crippen molar-refractivity contribution in [2.75, 3.05) is 19.3 Å². The van der Waals surface area contributed by atoms with Crippen LogP contribution in [0.2, 0.25) is 0 Å². The second kappa shape index (κ2) is 5.33. The van der Waals surface area contributed by atoms with E-state index in [1.54, 1.807) is 11.9 Å². The SMILES string of the molecule is CN(CC1CCCC1)C(=O)c1ccnc(N)c1F. The zero-order chi connectivity index (χ0) is 13.1. The number of pyridine rings is 1. The molecule has 0 saturated heterocycles. The standard InChI is InChI=1S/C13H18FN3O/c1-17(8-9-4-2-3-5-9)13(18)10-6-7-16-12(15)11(10)14/h6-7,9H,2-5,8H2,1H3,(H2,15,16). The Balaban J connectivity index is 2.07. The van der Waals surface area contributed by atoms with Gasteiger partial charge in [-0.15, -0.1) is 0 Å². The minimum Gasteiger partial charge on any atom is -0.381 e. The van der Waals surface area contributed by atoms with E-state index >= 15 is 0 Å². The Kier molecular flexibility index (Phi) is 3.79. The molecule has 1 amide bonds. The molecule has 4 nitrogen and oxygen atoms in total. The van der Waals surface area contributed by atoms with Crippen molar-refractivity contribution in [2.24, 2.45) is 5.92 Å². The number of hydrogen-bond donors (Lipinski definition) is 1. The average molecular weight is 251 g/mol. The second-order valence-electron chi connectivity index (χ2n) is 4.89. The molecule has 98 valence electrons. The first-order chi connectivity index (χ1) is 8.59. The maximum absolute atomic E-state index is 13.7. The quantitative estimate of drug-likeness (QED) is 0.894. The van der Waals surface area contributed by atoms with Crippen molar-refractivity contribution in [3.63, 3.8) is 0 Å². The number of amides is 1. The van der Waals surface area contributed by atoms with Gasteiger partial charge in [0.15, 0.2) is 11.6 Å². The fraction of sp³-hybridized carbons (Fsp3) is 0.538. The van der Waals surface area contributed by atoms with Crippen LogP contribution in [-0.2, 0) is 0 Å². The van der Waals surface area contributed by atoms with Crippen LogP contribution >= 0.6 is 0 Å². The van der Waals surface area contributed by atoms with Crippen molar-refractivity contribution >= 4 is 11.7 Å². The van der Waals surface area contributed by atoms with Gasteiger partial charge >= 0.3 is 0 Å². The number of nitrogens with two attached hydrogens (primary N) is 1. The zero-order valence-electron chi connectivity index (χ0n) is 10.5. The van der Waals surface area contributed by atoms with Crippen LogP contribution in [0.4, 0.5) is 10.2 Å². The molecule has 1 fully saturated rings. The van der Waals surface area contributed by atoms with Gasteiger partial charge in [0.2, 0.25) is 0 Å². The lowest BCUT2D eigenvalue weighted by Crippen LogP contribution is -2.32. The third kappa shape index (κ3) is 2.60. The Labute approximate surface area is 106 Å². The summed E-state index contributed by atoms with van der Waals surface area (Å²) in [6.45, 7) is 0.681. The minimum absolute atomic E-state index is 0.00277. The molecule has 0 bridgehead atoms. The number of aromatic nitrogens is 1. The van der Waals surface area contributed by atoms with Gasteiger partial charge in [0, 0.05) is 19.8 Å². The number of anilines is 1. The van der Waals surface area contributed by atoms with E-state index in [0.29, 0.717) is 12.5 Å². The number of hydrogen-bond acceptors (Lipinski definition) is 3. The molecule has 0 unspecified atom stereocenters. The second-order valence-corrected chi connectivity index (χ2v) is 4.89. The van der Waals surface area contributed by atoms with E-state index in [1.165, 1.54) is 25.1 Å². The molecule has 0 spiro atoms. The monoisotopic (exact) mass is 251 g/mol. The normalized spacial score (nSPS) is 15.9. The summed E-state index contributed by atoms with van der Waals surface area (Å²) in [5.74, 6) is -0.731. The van der Waals surface area contributed by atoms with Crippen LogP contribution in [0.3, 0.4) is 0 Å². The number of halogens is 1. The molecule has 0 aromatic carbocycles. The molecule has 1 heterocycles.